The molecule has 0 bridgehead atoms. The number of amides is 1. The van der Waals surface area contributed by atoms with Crippen LogP contribution in [0.4, 0.5) is 13.2 Å². The Morgan fingerprint density at radius 2 is 1.73 bits per heavy atom. The number of piperidine rings is 1. The Labute approximate surface area is 128 Å². The summed E-state index contributed by atoms with van der Waals surface area (Å²) in [5.74, 6) is -0.607. The summed E-state index contributed by atoms with van der Waals surface area (Å²) in [6.07, 6.45) is -3.42. The quantitative estimate of drug-likeness (QED) is 0.856. The van der Waals surface area contributed by atoms with Gasteiger partial charge in [-0.3, -0.25) is 4.79 Å². The van der Waals surface area contributed by atoms with Crippen molar-refractivity contribution in [3.05, 3.63) is 35.9 Å². The highest BCUT2D eigenvalue weighted by atomic mass is 19.4. The SMILES string of the molecule is COC(C(=O)N1CCC(C)CC1)(c1ccccc1)C(F)(F)F. The average Bonchev–Trinajstić information content (AvgIpc) is 2.49. The number of carbonyl (C=O) groups excluding carboxylic acids is 1. The molecule has 1 fully saturated rings. The number of hydrogen-bond donors (Lipinski definition) is 0. The number of nitrogens with zero attached hydrogens (tertiary/aromatic N) is 1. The molecule has 1 heterocycles. The molecular weight excluding hydrogens is 295 g/mol. The van der Waals surface area contributed by atoms with Crippen LogP contribution in [0, 0.1) is 5.92 Å². The number of alkyl halides is 3. The standard InChI is InChI=1S/C16H20F3NO2/c1-12-8-10-20(11-9-12)14(21)15(22-2,16(17,18)19)13-6-4-3-5-7-13/h3-7,12H,8-11H2,1-2H3. The molecule has 1 aliphatic rings. The lowest BCUT2D eigenvalue weighted by Gasteiger charge is -2.40. The second kappa shape index (κ2) is 6.28. The lowest BCUT2D eigenvalue weighted by atomic mass is 9.89. The molecule has 0 N–H and O–H groups in total. The van der Waals surface area contributed by atoms with Crippen molar-refractivity contribution in [3.8, 4) is 0 Å². The van der Waals surface area contributed by atoms with Crippen LogP contribution >= 0.6 is 0 Å². The summed E-state index contributed by atoms with van der Waals surface area (Å²) in [4.78, 5) is 14.0. The summed E-state index contributed by atoms with van der Waals surface area (Å²) in [5, 5.41) is 0. The molecule has 122 valence electrons. The van der Waals surface area contributed by atoms with Gasteiger partial charge in [0.2, 0.25) is 0 Å². The second-order valence-electron chi connectivity index (χ2n) is 5.72. The number of likely N-dealkylation sites (tertiary alicyclic amines) is 1. The van der Waals surface area contributed by atoms with E-state index in [2.05, 4.69) is 0 Å². The maximum absolute atomic E-state index is 13.8. The fraction of sp³-hybridized carbons (Fsp3) is 0.562. The second-order valence-corrected chi connectivity index (χ2v) is 5.72. The molecule has 0 aliphatic carbocycles. The van der Waals surface area contributed by atoms with E-state index < -0.39 is 17.7 Å². The third-order valence-corrected chi connectivity index (χ3v) is 4.26. The van der Waals surface area contributed by atoms with E-state index in [0.29, 0.717) is 31.8 Å². The minimum absolute atomic E-state index is 0.186. The highest BCUT2D eigenvalue weighted by Crippen LogP contribution is 2.43. The summed E-state index contributed by atoms with van der Waals surface area (Å²) in [6.45, 7) is 2.69. The molecule has 2 rings (SSSR count). The van der Waals surface area contributed by atoms with Crippen molar-refractivity contribution in [2.75, 3.05) is 20.2 Å². The van der Waals surface area contributed by atoms with Crippen LogP contribution in [0.1, 0.15) is 25.3 Å². The van der Waals surface area contributed by atoms with Crippen molar-refractivity contribution in [2.24, 2.45) is 5.92 Å². The first-order valence-electron chi connectivity index (χ1n) is 7.29. The van der Waals surface area contributed by atoms with Gasteiger partial charge in [0.25, 0.3) is 11.5 Å². The fourth-order valence-corrected chi connectivity index (χ4v) is 2.84. The van der Waals surface area contributed by atoms with Crippen LogP contribution in [0.2, 0.25) is 0 Å². The van der Waals surface area contributed by atoms with E-state index in [1.54, 1.807) is 6.07 Å². The van der Waals surface area contributed by atoms with Crippen LogP contribution in [0.3, 0.4) is 0 Å². The van der Waals surface area contributed by atoms with Crippen LogP contribution in [-0.2, 0) is 15.1 Å². The molecule has 0 aromatic heterocycles. The number of rotatable bonds is 3. The maximum atomic E-state index is 13.8. The molecule has 0 radical (unpaired) electrons. The third-order valence-electron chi connectivity index (χ3n) is 4.26. The summed E-state index contributed by atoms with van der Waals surface area (Å²) < 4.78 is 46.1. The van der Waals surface area contributed by atoms with Crippen LogP contribution in [-0.4, -0.2) is 37.2 Å². The Bertz CT molecular complexity index is 510. The van der Waals surface area contributed by atoms with Crippen LogP contribution in [0.15, 0.2) is 30.3 Å². The van der Waals surface area contributed by atoms with Crippen molar-refractivity contribution in [2.45, 2.75) is 31.5 Å². The van der Waals surface area contributed by atoms with Crippen LogP contribution in [0.5, 0.6) is 0 Å². The summed E-state index contributed by atoms with van der Waals surface area (Å²) in [6, 6.07) is 7.11. The van der Waals surface area contributed by atoms with Gasteiger partial charge >= 0.3 is 6.18 Å². The van der Waals surface area contributed by atoms with Crippen molar-refractivity contribution < 1.29 is 22.7 Å². The Hall–Kier alpha value is -1.56. The normalized spacial score (nSPS) is 19.8. The molecule has 3 nitrogen and oxygen atoms in total. The topological polar surface area (TPSA) is 29.5 Å². The van der Waals surface area contributed by atoms with Crippen molar-refractivity contribution in [1.82, 2.24) is 4.90 Å². The van der Waals surface area contributed by atoms with E-state index in [-0.39, 0.29) is 5.56 Å². The highest BCUT2D eigenvalue weighted by molar-refractivity contribution is 5.88. The number of methoxy groups -OCH3 is 1. The Balaban J connectivity index is 2.43. The van der Waals surface area contributed by atoms with Crippen LogP contribution in [0.25, 0.3) is 0 Å². The highest BCUT2D eigenvalue weighted by Gasteiger charge is 2.63. The molecule has 1 unspecified atom stereocenters. The zero-order valence-corrected chi connectivity index (χ0v) is 12.7. The van der Waals surface area contributed by atoms with E-state index in [1.807, 2.05) is 6.92 Å². The minimum Gasteiger partial charge on any atom is -0.356 e. The van der Waals surface area contributed by atoms with Gasteiger partial charge in [-0.25, -0.2) is 0 Å². The summed E-state index contributed by atoms with van der Waals surface area (Å²) in [7, 11) is 0.935. The van der Waals surface area contributed by atoms with E-state index in [4.69, 9.17) is 4.74 Å². The van der Waals surface area contributed by atoms with Crippen LogP contribution < -0.4 is 0 Å². The fourth-order valence-electron chi connectivity index (χ4n) is 2.84. The molecule has 22 heavy (non-hydrogen) atoms. The minimum atomic E-state index is -4.83. The lowest BCUT2D eigenvalue weighted by molar-refractivity contribution is -0.270. The van der Waals surface area contributed by atoms with Crippen molar-refractivity contribution >= 4 is 5.91 Å². The van der Waals surface area contributed by atoms with E-state index in [9.17, 15) is 18.0 Å². The summed E-state index contributed by atoms with van der Waals surface area (Å²) >= 11 is 0. The molecular formula is C16H20F3NO2. The number of benzene rings is 1. The maximum Gasteiger partial charge on any atom is 0.430 e. The van der Waals surface area contributed by atoms with Gasteiger partial charge in [-0.15, -0.1) is 0 Å². The van der Waals surface area contributed by atoms with Gasteiger partial charge in [-0.2, -0.15) is 13.2 Å². The molecule has 6 heteroatoms. The van der Waals surface area contributed by atoms with E-state index in [0.717, 1.165) is 7.11 Å². The lowest BCUT2D eigenvalue weighted by Crippen LogP contribution is -2.58. The Morgan fingerprint density at radius 3 is 2.18 bits per heavy atom. The number of hydrogen-bond acceptors (Lipinski definition) is 2. The molecule has 0 saturated carbocycles. The Morgan fingerprint density at radius 1 is 1.18 bits per heavy atom. The predicted octanol–water partition coefficient (Wildman–Crippen LogP) is 3.35. The zero-order chi connectivity index (χ0) is 16.4. The molecule has 1 aliphatic heterocycles. The number of halogens is 3. The smallest absolute Gasteiger partial charge is 0.356 e. The average molecular weight is 315 g/mol. The summed E-state index contributed by atoms with van der Waals surface area (Å²) in [5.41, 5.74) is -3.12. The van der Waals surface area contributed by atoms with Gasteiger partial charge in [0.15, 0.2) is 0 Å². The molecule has 0 spiro atoms. The van der Waals surface area contributed by atoms with E-state index >= 15 is 0 Å². The first-order valence-corrected chi connectivity index (χ1v) is 7.29. The van der Waals surface area contributed by atoms with E-state index in [1.165, 1.54) is 29.2 Å². The van der Waals surface area contributed by atoms with Gasteiger partial charge in [-0.1, -0.05) is 37.3 Å². The van der Waals surface area contributed by atoms with Gasteiger partial charge in [0, 0.05) is 25.8 Å². The van der Waals surface area contributed by atoms with Gasteiger partial charge in [0.05, 0.1) is 0 Å². The largest absolute Gasteiger partial charge is 0.430 e. The first kappa shape index (κ1) is 16.8. The van der Waals surface area contributed by atoms with Crippen molar-refractivity contribution in [1.29, 1.82) is 0 Å². The van der Waals surface area contributed by atoms with Gasteiger partial charge < -0.3 is 9.64 Å². The molecule has 1 atom stereocenters. The molecule has 1 saturated heterocycles. The monoisotopic (exact) mass is 315 g/mol. The molecule has 1 aromatic carbocycles. The van der Waals surface area contributed by atoms with Gasteiger partial charge in [0.1, 0.15) is 0 Å². The number of carbonyl (C=O) groups is 1. The van der Waals surface area contributed by atoms with Crippen molar-refractivity contribution in [3.63, 3.8) is 0 Å². The first-order chi connectivity index (χ1) is 10.3. The van der Waals surface area contributed by atoms with Gasteiger partial charge in [-0.05, 0) is 18.8 Å². The number of ether oxygens (including phenoxy) is 1. The molecule has 1 aromatic rings. The molecule has 1 amide bonds. The zero-order valence-electron chi connectivity index (χ0n) is 12.7. The third kappa shape index (κ3) is 2.84. The predicted molar refractivity (Wildman–Crippen MR) is 76.2 cm³/mol. The Kier molecular flexibility index (Phi) is 4.80.